The molecule has 1 unspecified atom stereocenters. The van der Waals surface area contributed by atoms with E-state index in [9.17, 15) is 9.59 Å². The van der Waals surface area contributed by atoms with E-state index < -0.39 is 5.91 Å². The van der Waals surface area contributed by atoms with Crippen molar-refractivity contribution >= 4 is 5.91 Å². The highest BCUT2D eigenvalue weighted by Crippen LogP contribution is 2.09. The molecule has 100 valence electrons. The Balaban J connectivity index is 2.15. The van der Waals surface area contributed by atoms with Crippen molar-refractivity contribution in [3.63, 3.8) is 0 Å². The number of amides is 1. The summed E-state index contributed by atoms with van der Waals surface area (Å²) in [5, 5.41) is 6.96. The van der Waals surface area contributed by atoms with Gasteiger partial charge in [0.1, 0.15) is 5.56 Å². The Morgan fingerprint density at radius 2 is 2.26 bits per heavy atom. The van der Waals surface area contributed by atoms with Gasteiger partial charge >= 0.3 is 0 Å². The molecule has 0 spiro atoms. The molecule has 6 nitrogen and oxygen atoms in total. The number of pyridine rings is 1. The van der Waals surface area contributed by atoms with E-state index in [1.165, 1.54) is 12.3 Å². The molecular weight excluding hydrogens is 244 g/mol. The summed E-state index contributed by atoms with van der Waals surface area (Å²) < 4.78 is 1.66. The van der Waals surface area contributed by atoms with Gasteiger partial charge in [0, 0.05) is 31.2 Å². The Labute approximate surface area is 110 Å². The molecule has 1 atom stereocenters. The lowest BCUT2D eigenvalue weighted by atomic mass is 10.2. The zero-order valence-corrected chi connectivity index (χ0v) is 11.1. The zero-order chi connectivity index (χ0) is 14.0. The molecule has 0 bridgehead atoms. The molecule has 0 saturated heterocycles. The molecule has 2 aromatic heterocycles. The normalized spacial score (nSPS) is 12.2. The lowest BCUT2D eigenvalue weighted by molar-refractivity contribution is 0.0937. The van der Waals surface area contributed by atoms with Crippen molar-refractivity contribution in [2.45, 2.75) is 19.9 Å². The summed E-state index contributed by atoms with van der Waals surface area (Å²) in [7, 11) is 1.81. The van der Waals surface area contributed by atoms with Crippen molar-refractivity contribution in [1.82, 2.24) is 20.1 Å². The van der Waals surface area contributed by atoms with Gasteiger partial charge in [-0.05, 0) is 19.9 Å². The van der Waals surface area contributed by atoms with Crippen LogP contribution >= 0.6 is 0 Å². The Bertz CT molecular complexity index is 657. The Kier molecular flexibility index (Phi) is 3.50. The second-order valence-corrected chi connectivity index (χ2v) is 4.50. The van der Waals surface area contributed by atoms with Crippen LogP contribution in [0, 0.1) is 6.92 Å². The van der Waals surface area contributed by atoms with Gasteiger partial charge in [-0.15, -0.1) is 0 Å². The number of aryl methyl sites for hydroxylation is 2. The smallest absolute Gasteiger partial charge is 0.257 e. The molecule has 0 saturated carbocycles. The summed E-state index contributed by atoms with van der Waals surface area (Å²) in [5.74, 6) is -0.403. The third-order valence-electron chi connectivity index (χ3n) is 2.83. The SMILES string of the molecule is Cc1cc(=O)c(C(=O)NC(C)c2ccn(C)n2)c[nH]1. The maximum absolute atomic E-state index is 12.0. The number of rotatable bonds is 3. The average Bonchev–Trinajstić information content (AvgIpc) is 2.75. The predicted molar refractivity (Wildman–Crippen MR) is 70.9 cm³/mol. The number of aromatic nitrogens is 3. The van der Waals surface area contributed by atoms with Gasteiger partial charge in [0.05, 0.1) is 11.7 Å². The summed E-state index contributed by atoms with van der Waals surface area (Å²) in [4.78, 5) is 26.6. The highest BCUT2D eigenvalue weighted by Gasteiger charge is 2.15. The van der Waals surface area contributed by atoms with Gasteiger partial charge < -0.3 is 10.3 Å². The first-order valence-corrected chi connectivity index (χ1v) is 5.97. The third kappa shape index (κ3) is 2.90. The summed E-state index contributed by atoms with van der Waals surface area (Å²) >= 11 is 0. The van der Waals surface area contributed by atoms with Gasteiger partial charge in [-0.3, -0.25) is 14.3 Å². The highest BCUT2D eigenvalue weighted by atomic mass is 16.2. The number of nitrogens with zero attached hydrogens (tertiary/aromatic N) is 2. The molecule has 0 aliphatic carbocycles. The molecule has 6 heteroatoms. The molecule has 2 N–H and O–H groups in total. The van der Waals surface area contributed by atoms with Crippen molar-refractivity contribution in [2.24, 2.45) is 7.05 Å². The van der Waals surface area contributed by atoms with E-state index in [0.717, 1.165) is 11.4 Å². The number of carbonyl (C=O) groups is 1. The molecule has 1 amide bonds. The molecule has 2 aromatic rings. The summed E-state index contributed by atoms with van der Waals surface area (Å²) in [5.41, 5.74) is 1.29. The molecule has 2 heterocycles. The number of aromatic amines is 1. The third-order valence-corrected chi connectivity index (χ3v) is 2.83. The van der Waals surface area contributed by atoms with E-state index in [2.05, 4.69) is 15.4 Å². The van der Waals surface area contributed by atoms with Gasteiger partial charge in [-0.2, -0.15) is 5.10 Å². The lowest BCUT2D eigenvalue weighted by Gasteiger charge is -2.11. The van der Waals surface area contributed by atoms with E-state index in [1.807, 2.05) is 20.0 Å². The molecule has 0 radical (unpaired) electrons. The van der Waals surface area contributed by atoms with Crippen molar-refractivity contribution in [3.8, 4) is 0 Å². The first kappa shape index (κ1) is 13.1. The standard InChI is InChI=1S/C13H16N4O2/c1-8-6-12(18)10(7-14-8)13(19)15-9(2)11-4-5-17(3)16-11/h4-7,9H,1-3H3,(H,14,18)(H,15,19). The van der Waals surface area contributed by atoms with Crippen molar-refractivity contribution in [2.75, 3.05) is 0 Å². The lowest BCUT2D eigenvalue weighted by Crippen LogP contribution is -2.31. The summed E-state index contributed by atoms with van der Waals surface area (Å²) in [6.07, 6.45) is 3.23. The minimum Gasteiger partial charge on any atom is -0.364 e. The number of H-pyrrole nitrogens is 1. The fourth-order valence-electron chi connectivity index (χ4n) is 1.76. The molecule has 0 aromatic carbocycles. The number of nitrogens with one attached hydrogen (secondary N) is 2. The molecule has 0 aliphatic rings. The second-order valence-electron chi connectivity index (χ2n) is 4.50. The molecule has 0 aliphatic heterocycles. The Morgan fingerprint density at radius 1 is 1.53 bits per heavy atom. The van der Waals surface area contributed by atoms with Gasteiger partial charge in [0.15, 0.2) is 5.43 Å². The Morgan fingerprint density at radius 3 is 2.84 bits per heavy atom. The average molecular weight is 260 g/mol. The van der Waals surface area contributed by atoms with Crippen LogP contribution in [0.25, 0.3) is 0 Å². The zero-order valence-electron chi connectivity index (χ0n) is 11.1. The van der Waals surface area contributed by atoms with Crippen LogP contribution in [0.15, 0.2) is 29.3 Å². The Hall–Kier alpha value is -2.37. The van der Waals surface area contributed by atoms with Crippen LogP contribution in [0.2, 0.25) is 0 Å². The number of carbonyl (C=O) groups excluding carboxylic acids is 1. The fourth-order valence-corrected chi connectivity index (χ4v) is 1.76. The van der Waals surface area contributed by atoms with Gasteiger partial charge in [-0.25, -0.2) is 0 Å². The maximum Gasteiger partial charge on any atom is 0.257 e. The monoisotopic (exact) mass is 260 g/mol. The van der Waals surface area contributed by atoms with Crippen LogP contribution in [0.4, 0.5) is 0 Å². The number of hydrogen-bond acceptors (Lipinski definition) is 3. The quantitative estimate of drug-likeness (QED) is 0.860. The van der Waals surface area contributed by atoms with Gasteiger partial charge in [-0.1, -0.05) is 0 Å². The van der Waals surface area contributed by atoms with E-state index in [-0.39, 0.29) is 17.0 Å². The molecule has 19 heavy (non-hydrogen) atoms. The van der Waals surface area contributed by atoms with Crippen LogP contribution in [-0.4, -0.2) is 20.7 Å². The van der Waals surface area contributed by atoms with Crippen molar-refractivity contribution < 1.29 is 4.79 Å². The summed E-state index contributed by atoms with van der Waals surface area (Å²) in [6.45, 7) is 3.59. The first-order chi connectivity index (χ1) is 8.97. The van der Waals surface area contributed by atoms with Gasteiger partial charge in [0.25, 0.3) is 5.91 Å². The minimum atomic E-state index is -0.403. The molecule has 0 fully saturated rings. The topological polar surface area (TPSA) is 79.8 Å². The molecule has 2 rings (SSSR count). The maximum atomic E-state index is 12.0. The fraction of sp³-hybridized carbons (Fsp3) is 0.308. The van der Waals surface area contributed by atoms with Crippen molar-refractivity contribution in [1.29, 1.82) is 0 Å². The molecular formula is C13H16N4O2. The van der Waals surface area contributed by atoms with Crippen LogP contribution in [-0.2, 0) is 7.05 Å². The highest BCUT2D eigenvalue weighted by molar-refractivity contribution is 5.94. The van der Waals surface area contributed by atoms with Gasteiger partial charge in [0.2, 0.25) is 0 Å². The van der Waals surface area contributed by atoms with Crippen LogP contribution in [0.1, 0.15) is 34.7 Å². The van der Waals surface area contributed by atoms with E-state index in [0.29, 0.717) is 0 Å². The number of hydrogen-bond donors (Lipinski definition) is 2. The second kappa shape index (κ2) is 5.09. The van der Waals surface area contributed by atoms with E-state index in [4.69, 9.17) is 0 Å². The largest absolute Gasteiger partial charge is 0.364 e. The minimum absolute atomic E-state index is 0.105. The van der Waals surface area contributed by atoms with Crippen molar-refractivity contribution in [3.05, 3.63) is 51.7 Å². The van der Waals surface area contributed by atoms with E-state index >= 15 is 0 Å². The van der Waals surface area contributed by atoms with Crippen LogP contribution in [0.5, 0.6) is 0 Å². The first-order valence-electron chi connectivity index (χ1n) is 5.97. The van der Waals surface area contributed by atoms with Crippen LogP contribution in [0.3, 0.4) is 0 Å². The van der Waals surface area contributed by atoms with E-state index in [1.54, 1.807) is 17.8 Å². The predicted octanol–water partition coefficient (Wildman–Crippen LogP) is 0.908. The van der Waals surface area contributed by atoms with Crippen LogP contribution < -0.4 is 10.7 Å². The summed E-state index contributed by atoms with van der Waals surface area (Å²) in [6, 6.07) is 2.97.